The average Bonchev–Trinajstić information content (AvgIpc) is 2.12. The van der Waals surface area contributed by atoms with Gasteiger partial charge in [-0.3, -0.25) is 0 Å². The smallest absolute Gasteiger partial charge is 0.148 e. The van der Waals surface area contributed by atoms with Crippen molar-refractivity contribution in [1.82, 2.24) is 9.97 Å². The lowest BCUT2D eigenvalue weighted by Crippen LogP contribution is -2.11. The van der Waals surface area contributed by atoms with Crippen LogP contribution in [0.5, 0.6) is 0 Å². The van der Waals surface area contributed by atoms with Crippen molar-refractivity contribution in [2.75, 3.05) is 11.9 Å². The zero-order valence-corrected chi connectivity index (χ0v) is 10.0. The molecule has 1 aromatic heterocycles. The van der Waals surface area contributed by atoms with Crippen molar-refractivity contribution in [2.45, 2.75) is 19.4 Å². The van der Waals surface area contributed by atoms with Gasteiger partial charge >= 0.3 is 0 Å². The summed E-state index contributed by atoms with van der Waals surface area (Å²) in [5.74, 6) is 0.644. The number of aliphatic hydroxyl groups is 1. The number of anilines is 1. The third kappa shape index (κ3) is 3.40. The van der Waals surface area contributed by atoms with Gasteiger partial charge in [0.05, 0.1) is 10.6 Å². The molecule has 0 saturated heterocycles. The molecule has 0 bridgehead atoms. The van der Waals surface area contributed by atoms with Gasteiger partial charge in [-0.05, 0) is 29.3 Å². The monoisotopic (exact) mass is 279 g/mol. The number of hydrogen-bond acceptors (Lipinski definition) is 4. The van der Waals surface area contributed by atoms with E-state index in [2.05, 4.69) is 31.2 Å². The molecule has 0 radical (unpaired) electrons. The minimum Gasteiger partial charge on any atom is -0.393 e. The quantitative estimate of drug-likeness (QED) is 0.829. The highest BCUT2D eigenvalue weighted by Gasteiger charge is 2.05. The van der Waals surface area contributed by atoms with Crippen LogP contribution in [0.15, 0.2) is 10.8 Å². The molecule has 0 aliphatic rings. The van der Waals surface area contributed by atoms with E-state index in [0.29, 0.717) is 28.4 Å². The van der Waals surface area contributed by atoms with Crippen molar-refractivity contribution in [3.8, 4) is 0 Å². The van der Waals surface area contributed by atoms with Gasteiger partial charge in [-0.1, -0.05) is 11.6 Å². The van der Waals surface area contributed by atoms with Crippen LogP contribution in [0.3, 0.4) is 0 Å². The molecule has 1 atom stereocenters. The Labute approximate surface area is 95.8 Å². The van der Waals surface area contributed by atoms with E-state index in [0.717, 1.165) is 0 Å². The Morgan fingerprint density at radius 2 is 2.36 bits per heavy atom. The Balaban J connectivity index is 2.54. The molecule has 0 aromatic carbocycles. The van der Waals surface area contributed by atoms with E-state index in [9.17, 15) is 0 Å². The summed E-state index contributed by atoms with van der Waals surface area (Å²) in [6, 6.07) is 0. The summed E-state index contributed by atoms with van der Waals surface area (Å²) in [7, 11) is 0. The minimum atomic E-state index is -0.321. The first kappa shape index (κ1) is 11.7. The second kappa shape index (κ2) is 5.48. The fourth-order valence-electron chi connectivity index (χ4n) is 0.871. The normalized spacial score (nSPS) is 12.6. The molecule has 14 heavy (non-hydrogen) atoms. The summed E-state index contributed by atoms with van der Waals surface area (Å²) in [5.41, 5.74) is 0. The van der Waals surface area contributed by atoms with Gasteiger partial charge in [-0.25, -0.2) is 9.97 Å². The lowest BCUT2D eigenvalue weighted by Gasteiger charge is -2.08. The van der Waals surface area contributed by atoms with E-state index in [1.165, 1.54) is 6.33 Å². The van der Waals surface area contributed by atoms with Crippen LogP contribution >= 0.6 is 27.5 Å². The summed E-state index contributed by atoms with van der Waals surface area (Å²) in [5, 5.41) is 12.5. The van der Waals surface area contributed by atoms with E-state index < -0.39 is 0 Å². The Morgan fingerprint density at radius 3 is 3.00 bits per heavy atom. The van der Waals surface area contributed by atoms with E-state index in [-0.39, 0.29) is 6.10 Å². The van der Waals surface area contributed by atoms with Gasteiger partial charge in [0.15, 0.2) is 0 Å². The maximum absolute atomic E-state index is 9.04. The highest BCUT2D eigenvalue weighted by molar-refractivity contribution is 9.10. The molecular formula is C8H11BrClN3O. The van der Waals surface area contributed by atoms with Crippen LogP contribution in [-0.4, -0.2) is 27.7 Å². The fourth-order valence-corrected chi connectivity index (χ4v) is 1.35. The number of halogens is 2. The molecule has 0 spiro atoms. The predicted octanol–water partition coefficient (Wildman–Crippen LogP) is 2.08. The van der Waals surface area contributed by atoms with Crippen LogP contribution < -0.4 is 5.32 Å². The van der Waals surface area contributed by atoms with Crippen LogP contribution in [0.4, 0.5) is 5.82 Å². The molecule has 4 nitrogen and oxygen atoms in total. The highest BCUT2D eigenvalue weighted by atomic mass is 79.9. The van der Waals surface area contributed by atoms with Crippen LogP contribution in [0.25, 0.3) is 0 Å². The number of rotatable bonds is 4. The van der Waals surface area contributed by atoms with E-state index in [4.69, 9.17) is 16.7 Å². The molecule has 2 N–H and O–H groups in total. The van der Waals surface area contributed by atoms with Crippen LogP contribution in [0.1, 0.15) is 13.3 Å². The first-order chi connectivity index (χ1) is 6.61. The third-order valence-electron chi connectivity index (χ3n) is 1.60. The molecule has 1 rings (SSSR count). The zero-order valence-electron chi connectivity index (χ0n) is 7.67. The molecular weight excluding hydrogens is 269 g/mol. The van der Waals surface area contributed by atoms with E-state index in [1.807, 2.05) is 0 Å². The Kier molecular flexibility index (Phi) is 4.57. The topological polar surface area (TPSA) is 58.0 Å². The second-order valence-corrected chi connectivity index (χ2v) is 4.04. The average molecular weight is 281 g/mol. The fraction of sp³-hybridized carbons (Fsp3) is 0.500. The first-order valence-electron chi connectivity index (χ1n) is 4.19. The van der Waals surface area contributed by atoms with Crippen LogP contribution in [0.2, 0.25) is 5.15 Å². The van der Waals surface area contributed by atoms with Crippen molar-refractivity contribution in [3.63, 3.8) is 0 Å². The van der Waals surface area contributed by atoms with Gasteiger partial charge in [0.1, 0.15) is 17.3 Å². The molecule has 1 aromatic rings. The van der Waals surface area contributed by atoms with Crippen LogP contribution in [-0.2, 0) is 0 Å². The maximum atomic E-state index is 9.04. The number of hydrogen-bond donors (Lipinski definition) is 2. The highest BCUT2D eigenvalue weighted by Crippen LogP contribution is 2.25. The van der Waals surface area contributed by atoms with Gasteiger partial charge in [0.25, 0.3) is 0 Å². The number of aromatic nitrogens is 2. The summed E-state index contributed by atoms with van der Waals surface area (Å²) in [6.45, 7) is 2.38. The minimum absolute atomic E-state index is 0.321. The van der Waals surface area contributed by atoms with Crippen molar-refractivity contribution >= 4 is 33.3 Å². The second-order valence-electron chi connectivity index (χ2n) is 2.89. The SMILES string of the molecule is CC(O)CCNc1ncnc(Cl)c1Br. The van der Waals surface area contributed by atoms with Gasteiger partial charge in [0, 0.05) is 6.54 Å². The van der Waals surface area contributed by atoms with Crippen molar-refractivity contribution < 1.29 is 5.11 Å². The van der Waals surface area contributed by atoms with Gasteiger partial charge in [0.2, 0.25) is 0 Å². The number of aliphatic hydroxyl groups excluding tert-OH is 1. The lowest BCUT2D eigenvalue weighted by atomic mass is 10.3. The largest absolute Gasteiger partial charge is 0.393 e. The molecule has 6 heteroatoms. The van der Waals surface area contributed by atoms with Crippen molar-refractivity contribution in [1.29, 1.82) is 0 Å². The van der Waals surface area contributed by atoms with Crippen molar-refractivity contribution in [3.05, 3.63) is 16.0 Å². The molecule has 1 unspecified atom stereocenters. The van der Waals surface area contributed by atoms with E-state index in [1.54, 1.807) is 6.92 Å². The molecule has 0 fully saturated rings. The summed E-state index contributed by atoms with van der Waals surface area (Å²) >= 11 is 9.03. The van der Waals surface area contributed by atoms with Gasteiger partial charge in [-0.15, -0.1) is 0 Å². The van der Waals surface area contributed by atoms with Crippen molar-refractivity contribution in [2.24, 2.45) is 0 Å². The number of nitrogens with zero attached hydrogens (tertiary/aromatic N) is 2. The molecule has 0 aliphatic heterocycles. The summed E-state index contributed by atoms with van der Waals surface area (Å²) < 4.78 is 0.646. The summed E-state index contributed by atoms with van der Waals surface area (Å²) in [6.07, 6.45) is 1.73. The lowest BCUT2D eigenvalue weighted by molar-refractivity contribution is 0.188. The zero-order chi connectivity index (χ0) is 10.6. The Morgan fingerprint density at radius 1 is 1.64 bits per heavy atom. The van der Waals surface area contributed by atoms with E-state index >= 15 is 0 Å². The number of nitrogens with one attached hydrogen (secondary N) is 1. The summed E-state index contributed by atoms with van der Waals surface area (Å²) in [4.78, 5) is 7.80. The standard InChI is InChI=1S/C8H11BrClN3O/c1-5(14)2-3-11-8-6(9)7(10)12-4-13-8/h4-5,14H,2-3H2,1H3,(H,11,12,13). The van der Waals surface area contributed by atoms with Gasteiger partial charge in [-0.2, -0.15) is 0 Å². The maximum Gasteiger partial charge on any atom is 0.148 e. The molecule has 0 amide bonds. The molecule has 78 valence electrons. The molecule has 0 saturated carbocycles. The predicted molar refractivity (Wildman–Crippen MR) is 59.5 cm³/mol. The Hall–Kier alpha value is -0.390. The van der Waals surface area contributed by atoms with Gasteiger partial charge < -0.3 is 10.4 Å². The molecule has 0 aliphatic carbocycles. The van der Waals surface area contributed by atoms with Crippen LogP contribution in [0, 0.1) is 0 Å². The third-order valence-corrected chi connectivity index (χ3v) is 2.87. The Bertz CT molecular complexity index is 309. The first-order valence-corrected chi connectivity index (χ1v) is 5.36. The molecule has 1 heterocycles.